The van der Waals surface area contributed by atoms with Crippen molar-refractivity contribution in [1.29, 1.82) is 0 Å². The summed E-state index contributed by atoms with van der Waals surface area (Å²) in [6.45, 7) is 5.32. The van der Waals surface area contributed by atoms with Gasteiger partial charge in [-0.15, -0.1) is 0 Å². The molecule has 0 unspecified atom stereocenters. The fraction of sp³-hybridized carbons (Fsp3) is 0.242. The maximum atomic E-state index is 14.8. The van der Waals surface area contributed by atoms with Crippen LogP contribution in [0.2, 0.25) is 0 Å². The molecule has 1 saturated heterocycles. The van der Waals surface area contributed by atoms with E-state index in [9.17, 15) is 9.18 Å². The first-order valence-corrected chi connectivity index (χ1v) is 14.8. The maximum absolute atomic E-state index is 14.8. The van der Waals surface area contributed by atoms with Crippen molar-refractivity contribution in [2.24, 2.45) is 0 Å². The van der Waals surface area contributed by atoms with E-state index in [0.717, 1.165) is 58.3 Å². The molecule has 3 N–H and O–H groups in total. The topological polar surface area (TPSA) is 125 Å². The number of benzene rings is 1. The third kappa shape index (κ3) is 5.61. The first kappa shape index (κ1) is 27.7. The number of nitrogens with one attached hydrogen (secondary N) is 3. The van der Waals surface area contributed by atoms with Crippen molar-refractivity contribution in [2.75, 3.05) is 31.6 Å². The van der Waals surface area contributed by atoms with Gasteiger partial charge in [-0.1, -0.05) is 6.92 Å². The third-order valence-electron chi connectivity index (χ3n) is 7.94. The predicted octanol–water partition coefficient (Wildman–Crippen LogP) is 6.19. The van der Waals surface area contributed by atoms with Crippen molar-refractivity contribution in [3.8, 4) is 39.5 Å². The zero-order valence-electron chi connectivity index (χ0n) is 24.2. The number of nitrogens with zero attached hydrogens (tertiary/aromatic N) is 5. The molecular formula is C33H31FN8O2. The highest BCUT2D eigenvalue weighted by Gasteiger charge is 2.17. The van der Waals surface area contributed by atoms with Gasteiger partial charge in [0.15, 0.2) is 0 Å². The number of carbonyl (C=O) groups is 1. The minimum absolute atomic E-state index is 0.0864. The summed E-state index contributed by atoms with van der Waals surface area (Å²) in [6.07, 6.45) is 11.3. The molecule has 1 aliphatic rings. The van der Waals surface area contributed by atoms with Gasteiger partial charge in [0.25, 0.3) is 0 Å². The molecule has 0 bridgehead atoms. The van der Waals surface area contributed by atoms with Crippen LogP contribution in [0.15, 0.2) is 67.4 Å². The minimum Gasteiger partial charge on any atom is -0.492 e. The highest BCUT2D eigenvalue weighted by atomic mass is 19.1. The van der Waals surface area contributed by atoms with Crippen LogP contribution in [0.4, 0.5) is 10.1 Å². The molecule has 10 nitrogen and oxygen atoms in total. The van der Waals surface area contributed by atoms with Gasteiger partial charge in [0, 0.05) is 53.3 Å². The standard InChI is InChI=1S/C33H31FN8O2/c1-2-32(43)38-23-10-21(15-35-16-23)28-14-26-31(19-37-28)40-41-33(26)29-13-25-27(17-36-18-30(25)39-29)20-9-22(34)12-24(11-20)44-8-7-42-5-3-4-6-42/h9-19,39H,2-8H2,1H3,(H,38,43)(H,40,41). The van der Waals surface area contributed by atoms with Gasteiger partial charge in [-0.05, 0) is 61.8 Å². The normalized spacial score (nSPS) is 13.6. The zero-order chi connectivity index (χ0) is 30.0. The van der Waals surface area contributed by atoms with Crippen LogP contribution in [0, 0.1) is 5.82 Å². The number of hydrogen-bond donors (Lipinski definition) is 3. The van der Waals surface area contributed by atoms with Crippen molar-refractivity contribution in [2.45, 2.75) is 26.2 Å². The third-order valence-corrected chi connectivity index (χ3v) is 7.94. The SMILES string of the molecule is CCC(=O)Nc1cncc(-c2cc3c(-c4cc5c(-c6cc(F)cc(OCCN7CCCC7)c6)cncc5[nH]4)n[nH]c3cn2)c1. The Balaban J connectivity index is 1.20. The molecule has 1 aliphatic heterocycles. The highest BCUT2D eigenvalue weighted by molar-refractivity contribution is 6.01. The summed E-state index contributed by atoms with van der Waals surface area (Å²) >= 11 is 0. The van der Waals surface area contributed by atoms with Crippen LogP contribution < -0.4 is 10.1 Å². The summed E-state index contributed by atoms with van der Waals surface area (Å²) < 4.78 is 20.7. The average Bonchev–Trinajstić information content (AvgIpc) is 3.80. The molecule has 222 valence electrons. The number of ether oxygens (including phenoxy) is 1. The van der Waals surface area contributed by atoms with Crippen LogP contribution in [-0.4, -0.2) is 67.2 Å². The van der Waals surface area contributed by atoms with Crippen molar-refractivity contribution in [3.63, 3.8) is 0 Å². The fourth-order valence-electron chi connectivity index (χ4n) is 5.69. The number of pyridine rings is 3. The molecule has 11 heteroatoms. The van der Waals surface area contributed by atoms with Crippen LogP contribution in [0.1, 0.15) is 26.2 Å². The Hall–Kier alpha value is -5.16. The molecule has 0 spiro atoms. The van der Waals surface area contributed by atoms with E-state index in [2.05, 4.69) is 40.3 Å². The molecular weight excluding hydrogens is 559 g/mol. The van der Waals surface area contributed by atoms with E-state index in [1.165, 1.54) is 25.0 Å². The summed E-state index contributed by atoms with van der Waals surface area (Å²) in [5.74, 6) is 0.0485. The van der Waals surface area contributed by atoms with Gasteiger partial charge in [0.05, 0.1) is 46.7 Å². The van der Waals surface area contributed by atoms with E-state index >= 15 is 0 Å². The zero-order valence-corrected chi connectivity index (χ0v) is 24.2. The minimum atomic E-state index is -0.363. The monoisotopic (exact) mass is 590 g/mol. The van der Waals surface area contributed by atoms with Gasteiger partial charge in [-0.25, -0.2) is 4.39 Å². The lowest BCUT2D eigenvalue weighted by molar-refractivity contribution is -0.115. The van der Waals surface area contributed by atoms with E-state index in [1.807, 2.05) is 24.3 Å². The van der Waals surface area contributed by atoms with E-state index in [-0.39, 0.29) is 11.7 Å². The van der Waals surface area contributed by atoms with Crippen LogP contribution in [-0.2, 0) is 4.79 Å². The Labute approximate surface area is 252 Å². The molecule has 1 amide bonds. The number of aromatic nitrogens is 6. The van der Waals surface area contributed by atoms with Crippen molar-refractivity contribution < 1.29 is 13.9 Å². The van der Waals surface area contributed by atoms with Crippen molar-refractivity contribution >= 4 is 33.4 Å². The second-order valence-electron chi connectivity index (χ2n) is 11.0. The van der Waals surface area contributed by atoms with Gasteiger partial charge in [-0.2, -0.15) is 5.10 Å². The van der Waals surface area contributed by atoms with Gasteiger partial charge in [0.2, 0.25) is 5.91 Å². The molecule has 1 aromatic carbocycles. The van der Waals surface area contributed by atoms with Crippen LogP contribution in [0.3, 0.4) is 0 Å². The van der Waals surface area contributed by atoms with Crippen molar-refractivity contribution in [3.05, 3.63) is 73.2 Å². The van der Waals surface area contributed by atoms with E-state index in [4.69, 9.17) is 4.74 Å². The number of aromatic amines is 2. The van der Waals surface area contributed by atoms with E-state index < -0.39 is 0 Å². The number of rotatable bonds is 9. The first-order valence-electron chi connectivity index (χ1n) is 14.8. The van der Waals surface area contributed by atoms with Gasteiger partial charge in [0.1, 0.15) is 23.9 Å². The smallest absolute Gasteiger partial charge is 0.224 e. The van der Waals surface area contributed by atoms with Crippen LogP contribution in [0.25, 0.3) is 55.6 Å². The van der Waals surface area contributed by atoms with Crippen molar-refractivity contribution in [1.82, 2.24) is 35.0 Å². The second kappa shape index (κ2) is 11.8. The number of H-pyrrole nitrogens is 2. The summed E-state index contributed by atoms with van der Waals surface area (Å²) in [5, 5.41) is 12.2. The molecule has 0 aliphatic carbocycles. The fourth-order valence-corrected chi connectivity index (χ4v) is 5.69. The molecule has 1 fully saturated rings. The second-order valence-corrected chi connectivity index (χ2v) is 11.0. The summed E-state index contributed by atoms with van der Waals surface area (Å²) in [6, 6.07) is 10.6. The highest BCUT2D eigenvalue weighted by Crippen LogP contribution is 2.35. The Kier molecular flexibility index (Phi) is 7.45. The Morgan fingerprint density at radius 3 is 2.68 bits per heavy atom. The van der Waals surface area contributed by atoms with Gasteiger partial charge >= 0.3 is 0 Å². The van der Waals surface area contributed by atoms with Crippen LogP contribution >= 0.6 is 0 Å². The summed E-state index contributed by atoms with van der Waals surface area (Å²) in [4.78, 5) is 31.0. The molecule has 7 rings (SSSR count). The molecule has 6 aromatic rings. The summed E-state index contributed by atoms with van der Waals surface area (Å²) in [5.41, 5.74) is 6.59. The number of anilines is 1. The Morgan fingerprint density at radius 1 is 0.955 bits per heavy atom. The number of carbonyl (C=O) groups excluding carboxylic acids is 1. The average molecular weight is 591 g/mol. The van der Waals surface area contributed by atoms with E-state index in [0.29, 0.717) is 41.4 Å². The number of amides is 1. The lowest BCUT2D eigenvalue weighted by Crippen LogP contribution is -2.25. The number of hydrogen-bond acceptors (Lipinski definition) is 7. The van der Waals surface area contributed by atoms with E-state index in [1.54, 1.807) is 37.9 Å². The predicted molar refractivity (Wildman–Crippen MR) is 168 cm³/mol. The molecule has 0 atom stereocenters. The van der Waals surface area contributed by atoms with Crippen LogP contribution in [0.5, 0.6) is 5.75 Å². The molecule has 6 heterocycles. The number of likely N-dealkylation sites (tertiary alicyclic amines) is 1. The molecule has 0 saturated carbocycles. The largest absolute Gasteiger partial charge is 0.492 e. The molecule has 44 heavy (non-hydrogen) atoms. The maximum Gasteiger partial charge on any atom is 0.224 e. The lowest BCUT2D eigenvalue weighted by Gasteiger charge is -2.15. The van der Waals surface area contributed by atoms with Gasteiger partial charge in [-0.3, -0.25) is 29.7 Å². The number of fused-ring (bicyclic) bond motifs is 2. The summed E-state index contributed by atoms with van der Waals surface area (Å²) in [7, 11) is 0. The molecule has 5 aromatic heterocycles. The first-order chi connectivity index (χ1) is 21.5. The van der Waals surface area contributed by atoms with Gasteiger partial charge < -0.3 is 15.0 Å². The Bertz CT molecular complexity index is 1980. The number of halogens is 1. The lowest BCUT2D eigenvalue weighted by atomic mass is 10.0. The quantitative estimate of drug-likeness (QED) is 0.183. The molecule has 0 radical (unpaired) electrons. The Morgan fingerprint density at radius 2 is 1.82 bits per heavy atom.